The molecule has 4 rings (SSSR count). The molecule has 28 heavy (non-hydrogen) atoms. The lowest BCUT2D eigenvalue weighted by atomic mass is 10.1. The molecule has 1 saturated heterocycles. The Balaban J connectivity index is 1.58. The monoisotopic (exact) mass is 400 g/mol. The summed E-state index contributed by atoms with van der Waals surface area (Å²) in [6.07, 6.45) is 5.67. The number of carbonyl (C=O) groups excluding carboxylic acids is 1. The van der Waals surface area contributed by atoms with Gasteiger partial charge in [0.1, 0.15) is 0 Å². The van der Waals surface area contributed by atoms with E-state index in [1.54, 1.807) is 24.6 Å². The highest BCUT2D eigenvalue weighted by molar-refractivity contribution is 7.12. The molecule has 0 bridgehead atoms. The Kier molecular flexibility index (Phi) is 5.05. The molecule has 9 heteroatoms. The summed E-state index contributed by atoms with van der Waals surface area (Å²) in [5.41, 5.74) is 2.96. The summed E-state index contributed by atoms with van der Waals surface area (Å²) in [5.74, 6) is -0.194. The van der Waals surface area contributed by atoms with E-state index in [1.807, 2.05) is 23.8 Å². The van der Waals surface area contributed by atoms with Crippen molar-refractivity contribution >= 4 is 28.6 Å². The fourth-order valence-corrected chi connectivity index (χ4v) is 3.96. The van der Waals surface area contributed by atoms with Crippen LogP contribution in [-0.4, -0.2) is 63.9 Å². The molecule has 0 spiro atoms. The molecule has 3 aromatic heterocycles. The Hall–Kier alpha value is -2.49. The minimum absolute atomic E-state index is 0.121. The van der Waals surface area contributed by atoms with E-state index in [-0.39, 0.29) is 12.5 Å². The highest BCUT2D eigenvalue weighted by Crippen LogP contribution is 2.29. The molecule has 1 aliphatic rings. The maximum Gasteiger partial charge on any atom is 0.261 e. The number of aliphatic hydroxyl groups is 1. The van der Waals surface area contributed by atoms with E-state index in [2.05, 4.69) is 25.6 Å². The lowest BCUT2D eigenvalue weighted by Crippen LogP contribution is -2.46. The van der Waals surface area contributed by atoms with Gasteiger partial charge in [-0.25, -0.2) is 9.50 Å². The number of hydrogen-bond donors (Lipinski definition) is 3. The van der Waals surface area contributed by atoms with Crippen molar-refractivity contribution in [1.82, 2.24) is 25.2 Å². The second kappa shape index (κ2) is 7.50. The average molecular weight is 401 g/mol. The molecule has 0 aromatic carbocycles. The van der Waals surface area contributed by atoms with Crippen LogP contribution in [-0.2, 0) is 0 Å². The third kappa shape index (κ3) is 3.73. The van der Waals surface area contributed by atoms with Gasteiger partial charge in [-0.3, -0.25) is 4.79 Å². The van der Waals surface area contributed by atoms with Gasteiger partial charge in [-0.05, 0) is 30.9 Å². The topological polar surface area (TPSA) is 94.8 Å². The van der Waals surface area contributed by atoms with Crippen LogP contribution in [0.5, 0.6) is 0 Å². The Bertz CT molecular complexity index is 989. The van der Waals surface area contributed by atoms with Crippen LogP contribution in [0.4, 0.5) is 5.69 Å². The smallest absolute Gasteiger partial charge is 0.261 e. The highest BCUT2D eigenvalue weighted by atomic mass is 32.1. The number of anilines is 1. The van der Waals surface area contributed by atoms with Crippen molar-refractivity contribution in [3.8, 4) is 11.1 Å². The van der Waals surface area contributed by atoms with Crippen LogP contribution < -0.4 is 15.5 Å². The van der Waals surface area contributed by atoms with Gasteiger partial charge < -0.3 is 20.6 Å². The van der Waals surface area contributed by atoms with Crippen LogP contribution in [0.15, 0.2) is 30.0 Å². The molecule has 1 fully saturated rings. The van der Waals surface area contributed by atoms with Gasteiger partial charge in [-0.2, -0.15) is 5.10 Å². The summed E-state index contributed by atoms with van der Waals surface area (Å²) in [7, 11) is 0. The number of hydrogen-bond acceptors (Lipinski definition) is 7. The third-order valence-electron chi connectivity index (χ3n) is 4.81. The lowest BCUT2D eigenvalue weighted by Gasteiger charge is -2.28. The minimum Gasteiger partial charge on any atom is -0.394 e. The van der Waals surface area contributed by atoms with Crippen molar-refractivity contribution in [3.63, 3.8) is 0 Å². The van der Waals surface area contributed by atoms with Gasteiger partial charge in [0.15, 0.2) is 5.65 Å². The van der Waals surface area contributed by atoms with E-state index in [0.29, 0.717) is 4.88 Å². The van der Waals surface area contributed by atoms with E-state index in [4.69, 9.17) is 0 Å². The predicted octanol–water partition coefficient (Wildman–Crippen LogP) is 1.37. The summed E-state index contributed by atoms with van der Waals surface area (Å²) < 4.78 is 1.79. The lowest BCUT2D eigenvalue weighted by molar-refractivity contribution is 0.0873. The van der Waals surface area contributed by atoms with Crippen molar-refractivity contribution in [2.24, 2.45) is 0 Å². The molecule has 0 saturated carbocycles. The second-order valence-electron chi connectivity index (χ2n) is 7.57. The normalized spacial score (nSPS) is 15.2. The number of amides is 1. The number of fused-ring (bicyclic) bond motifs is 1. The fraction of sp³-hybridized carbons (Fsp3) is 0.421. The number of nitrogens with one attached hydrogen (secondary N) is 2. The third-order valence-corrected chi connectivity index (χ3v) is 5.74. The van der Waals surface area contributed by atoms with Crippen LogP contribution >= 0.6 is 11.3 Å². The first kappa shape index (κ1) is 18.9. The molecule has 0 aliphatic carbocycles. The Morgan fingerprint density at radius 2 is 2.14 bits per heavy atom. The molecular weight excluding hydrogens is 376 g/mol. The van der Waals surface area contributed by atoms with E-state index >= 15 is 0 Å². The van der Waals surface area contributed by atoms with Crippen LogP contribution in [0.2, 0.25) is 0 Å². The zero-order valence-corrected chi connectivity index (χ0v) is 16.8. The van der Waals surface area contributed by atoms with Crippen molar-refractivity contribution in [3.05, 3.63) is 34.9 Å². The zero-order chi connectivity index (χ0) is 19.7. The van der Waals surface area contributed by atoms with Gasteiger partial charge in [-0.15, -0.1) is 11.3 Å². The molecule has 0 atom stereocenters. The maximum atomic E-state index is 12.4. The summed E-state index contributed by atoms with van der Waals surface area (Å²) >= 11 is 1.37. The van der Waals surface area contributed by atoms with Gasteiger partial charge in [0.2, 0.25) is 0 Å². The molecule has 8 nitrogen and oxygen atoms in total. The number of aromatic nitrogens is 3. The number of thiophene rings is 1. The molecule has 3 aromatic rings. The van der Waals surface area contributed by atoms with Crippen LogP contribution in [0.1, 0.15) is 23.5 Å². The van der Waals surface area contributed by atoms with Crippen molar-refractivity contribution < 1.29 is 9.90 Å². The minimum atomic E-state index is -0.659. The summed E-state index contributed by atoms with van der Waals surface area (Å²) in [6, 6.07) is 1.84. The molecular formula is C19H24N6O2S. The zero-order valence-electron chi connectivity index (χ0n) is 16.0. The average Bonchev–Trinajstić information content (AvgIpc) is 3.35. The number of nitrogens with zero attached hydrogens (tertiary/aromatic N) is 4. The molecule has 1 amide bonds. The van der Waals surface area contributed by atoms with E-state index < -0.39 is 5.54 Å². The van der Waals surface area contributed by atoms with Gasteiger partial charge in [0.25, 0.3) is 5.91 Å². The Morgan fingerprint density at radius 1 is 1.36 bits per heavy atom. The van der Waals surface area contributed by atoms with Crippen molar-refractivity contribution in [2.45, 2.75) is 19.4 Å². The number of aliphatic hydroxyl groups excluding tert-OH is 1. The standard InChI is InChI=1S/C19H24N6O2S/c1-19(2,12-26)23-18(27)16-7-13(11-28-16)15-9-22-25-10-14(8-21-17(15)25)24-5-3-20-4-6-24/h7-11,20,26H,3-6,12H2,1-2H3,(H,23,27). The number of carbonyl (C=O) groups is 1. The molecule has 1 aliphatic heterocycles. The van der Waals surface area contributed by atoms with E-state index in [9.17, 15) is 9.90 Å². The second-order valence-corrected chi connectivity index (χ2v) is 8.48. The Morgan fingerprint density at radius 3 is 2.89 bits per heavy atom. The fourth-order valence-electron chi connectivity index (χ4n) is 3.16. The first-order chi connectivity index (χ1) is 13.5. The maximum absolute atomic E-state index is 12.4. The van der Waals surface area contributed by atoms with Gasteiger partial charge in [0, 0.05) is 31.7 Å². The van der Waals surface area contributed by atoms with Gasteiger partial charge in [-0.1, -0.05) is 0 Å². The van der Waals surface area contributed by atoms with Gasteiger partial charge in [0.05, 0.1) is 41.3 Å². The van der Waals surface area contributed by atoms with Crippen LogP contribution in [0.3, 0.4) is 0 Å². The summed E-state index contributed by atoms with van der Waals surface area (Å²) in [4.78, 5) is 19.9. The van der Waals surface area contributed by atoms with Crippen molar-refractivity contribution in [1.29, 1.82) is 0 Å². The first-order valence-electron chi connectivity index (χ1n) is 9.28. The molecule has 0 radical (unpaired) electrons. The quantitative estimate of drug-likeness (QED) is 0.599. The largest absolute Gasteiger partial charge is 0.394 e. The highest BCUT2D eigenvalue weighted by Gasteiger charge is 2.22. The number of rotatable bonds is 5. The van der Waals surface area contributed by atoms with Crippen LogP contribution in [0.25, 0.3) is 16.8 Å². The summed E-state index contributed by atoms with van der Waals surface area (Å²) in [6.45, 7) is 7.28. The molecule has 3 N–H and O–H groups in total. The summed E-state index contributed by atoms with van der Waals surface area (Å²) in [5, 5.41) is 21.9. The molecule has 0 unspecified atom stereocenters. The molecule has 4 heterocycles. The first-order valence-corrected chi connectivity index (χ1v) is 10.2. The van der Waals surface area contributed by atoms with E-state index in [1.165, 1.54) is 11.3 Å². The van der Waals surface area contributed by atoms with Crippen LogP contribution in [0, 0.1) is 0 Å². The SMILES string of the molecule is CC(C)(CO)NC(=O)c1cc(-c2cnn3cc(N4CCNCC4)cnc23)cs1. The molecule has 148 valence electrons. The Labute approximate surface area is 167 Å². The van der Waals surface area contributed by atoms with E-state index in [0.717, 1.165) is 48.6 Å². The van der Waals surface area contributed by atoms with Gasteiger partial charge >= 0.3 is 0 Å². The number of piperazine rings is 1. The van der Waals surface area contributed by atoms with Crippen molar-refractivity contribution in [2.75, 3.05) is 37.7 Å². The predicted molar refractivity (Wildman–Crippen MR) is 110 cm³/mol.